The van der Waals surface area contributed by atoms with E-state index in [1.807, 2.05) is 0 Å². The number of nitrogens with zero attached hydrogens (tertiary/aromatic N) is 2. The van der Waals surface area contributed by atoms with Crippen LogP contribution in [-0.2, 0) is 0 Å². The predicted molar refractivity (Wildman–Crippen MR) is 237 cm³/mol. The Morgan fingerprint density at radius 1 is 0.286 bits per heavy atom. The number of rotatable bonds is 8. The summed E-state index contributed by atoms with van der Waals surface area (Å²) < 4.78 is 2.42. The van der Waals surface area contributed by atoms with Gasteiger partial charge >= 0.3 is 0 Å². The quantitative estimate of drug-likeness (QED) is 0.152. The van der Waals surface area contributed by atoms with Crippen molar-refractivity contribution in [3.8, 4) is 50.2 Å². The van der Waals surface area contributed by atoms with Gasteiger partial charge < -0.3 is 9.47 Å². The first kappa shape index (κ1) is 33.2. The average molecular weight is 715 g/mol. The molecule has 2 heteroatoms. The third kappa shape index (κ3) is 6.04. The van der Waals surface area contributed by atoms with Gasteiger partial charge in [0.05, 0.1) is 16.7 Å². The van der Waals surface area contributed by atoms with Gasteiger partial charge in [-0.1, -0.05) is 182 Å². The van der Waals surface area contributed by atoms with Crippen molar-refractivity contribution in [3.63, 3.8) is 0 Å². The molecule has 0 aliphatic carbocycles. The maximum Gasteiger partial charge on any atom is 0.0561 e. The second kappa shape index (κ2) is 14.4. The van der Waals surface area contributed by atoms with Gasteiger partial charge in [-0.3, -0.25) is 0 Å². The molecule has 10 aromatic rings. The van der Waals surface area contributed by atoms with E-state index in [2.05, 4.69) is 240 Å². The lowest BCUT2D eigenvalue weighted by atomic mass is 9.94. The molecule has 56 heavy (non-hydrogen) atoms. The molecule has 0 amide bonds. The second-order valence-electron chi connectivity index (χ2n) is 14.1. The summed E-state index contributed by atoms with van der Waals surface area (Å²) in [5.41, 5.74) is 16.4. The van der Waals surface area contributed by atoms with Crippen LogP contribution >= 0.6 is 0 Å². The highest BCUT2D eigenvalue weighted by atomic mass is 15.1. The Morgan fingerprint density at radius 3 is 1.39 bits per heavy atom. The third-order valence-corrected chi connectivity index (χ3v) is 10.8. The molecule has 0 spiro atoms. The number of anilines is 3. The van der Waals surface area contributed by atoms with Gasteiger partial charge in [0.1, 0.15) is 0 Å². The molecular formula is C54H38N2. The van der Waals surface area contributed by atoms with Gasteiger partial charge in [0.25, 0.3) is 0 Å². The molecule has 0 fully saturated rings. The largest absolute Gasteiger partial charge is 0.310 e. The van der Waals surface area contributed by atoms with Crippen molar-refractivity contribution >= 4 is 38.9 Å². The molecule has 0 unspecified atom stereocenters. The van der Waals surface area contributed by atoms with E-state index in [1.165, 1.54) is 60.8 Å². The van der Waals surface area contributed by atoms with Crippen molar-refractivity contribution in [2.75, 3.05) is 4.90 Å². The van der Waals surface area contributed by atoms with Gasteiger partial charge in [-0.25, -0.2) is 0 Å². The van der Waals surface area contributed by atoms with E-state index in [9.17, 15) is 0 Å². The SMILES string of the molecule is c1ccc(-c2ccc(N(c3ccc4c5ccccc5n(-c5ccc(-c6ccccc6-c6ccccc6)cc5)c4c3)c3ccccc3-c3ccccc3)cc2)cc1. The lowest BCUT2D eigenvalue weighted by molar-refractivity contribution is 1.18. The van der Waals surface area contributed by atoms with Crippen LogP contribution in [0, 0.1) is 0 Å². The number of hydrogen-bond acceptors (Lipinski definition) is 1. The number of hydrogen-bond donors (Lipinski definition) is 0. The Balaban J connectivity index is 1.14. The molecule has 0 atom stereocenters. The monoisotopic (exact) mass is 714 g/mol. The van der Waals surface area contributed by atoms with Crippen molar-refractivity contribution in [1.29, 1.82) is 0 Å². The Hall–Kier alpha value is -7.42. The first-order valence-electron chi connectivity index (χ1n) is 19.2. The normalized spacial score (nSPS) is 11.2. The van der Waals surface area contributed by atoms with Crippen molar-refractivity contribution < 1.29 is 0 Å². The van der Waals surface area contributed by atoms with Crippen LogP contribution in [0.15, 0.2) is 231 Å². The summed E-state index contributed by atoms with van der Waals surface area (Å²) >= 11 is 0. The number of para-hydroxylation sites is 2. The highest BCUT2D eigenvalue weighted by molar-refractivity contribution is 6.10. The van der Waals surface area contributed by atoms with Crippen LogP contribution in [-0.4, -0.2) is 4.57 Å². The molecule has 0 N–H and O–H groups in total. The topological polar surface area (TPSA) is 8.17 Å². The van der Waals surface area contributed by atoms with Gasteiger partial charge in [-0.05, 0) is 87.5 Å². The van der Waals surface area contributed by atoms with E-state index in [0.717, 1.165) is 28.3 Å². The van der Waals surface area contributed by atoms with E-state index >= 15 is 0 Å². The van der Waals surface area contributed by atoms with Crippen molar-refractivity contribution in [3.05, 3.63) is 231 Å². The van der Waals surface area contributed by atoms with Gasteiger partial charge in [-0.2, -0.15) is 0 Å². The molecule has 2 nitrogen and oxygen atoms in total. The van der Waals surface area contributed by atoms with Crippen molar-refractivity contribution in [2.24, 2.45) is 0 Å². The molecule has 1 heterocycles. The van der Waals surface area contributed by atoms with E-state index < -0.39 is 0 Å². The highest BCUT2D eigenvalue weighted by Crippen LogP contribution is 2.44. The van der Waals surface area contributed by atoms with Crippen LogP contribution < -0.4 is 4.90 Å². The van der Waals surface area contributed by atoms with Gasteiger partial charge in [0.2, 0.25) is 0 Å². The molecular weight excluding hydrogens is 677 g/mol. The minimum Gasteiger partial charge on any atom is -0.310 e. The lowest BCUT2D eigenvalue weighted by Gasteiger charge is -2.28. The standard InChI is InChI=1S/C54H38N2/c1-4-16-39(17-5-1)40-28-32-44(33-29-40)55(52-26-14-12-24-49(52)42-20-8-3-9-21-42)46-36-37-51-50-25-13-15-27-53(50)56(54(51)38-46)45-34-30-43(31-35-45)48-23-11-10-22-47(48)41-18-6-2-7-19-41/h1-38H. The number of fused-ring (bicyclic) bond motifs is 3. The minimum atomic E-state index is 1.09. The fourth-order valence-corrected chi connectivity index (χ4v) is 8.16. The molecule has 0 saturated heterocycles. The van der Waals surface area contributed by atoms with E-state index in [-0.39, 0.29) is 0 Å². The summed E-state index contributed by atoms with van der Waals surface area (Å²) in [5, 5.41) is 2.45. The molecule has 1 aromatic heterocycles. The van der Waals surface area contributed by atoms with Crippen molar-refractivity contribution in [1.82, 2.24) is 4.57 Å². The first-order valence-corrected chi connectivity index (χ1v) is 19.2. The number of aromatic nitrogens is 1. The Morgan fingerprint density at radius 2 is 0.732 bits per heavy atom. The van der Waals surface area contributed by atoms with Crippen LogP contribution in [0.4, 0.5) is 17.1 Å². The zero-order chi connectivity index (χ0) is 37.3. The zero-order valence-electron chi connectivity index (χ0n) is 30.8. The maximum absolute atomic E-state index is 2.42. The first-order chi connectivity index (χ1) is 27.8. The summed E-state index contributed by atoms with van der Waals surface area (Å²) in [7, 11) is 0. The Labute approximate surface area is 327 Å². The molecule has 9 aromatic carbocycles. The van der Waals surface area contributed by atoms with E-state index in [1.54, 1.807) is 0 Å². The number of benzene rings is 9. The molecule has 10 rings (SSSR count). The molecule has 264 valence electrons. The molecule has 0 radical (unpaired) electrons. The molecule has 0 saturated carbocycles. The summed E-state index contributed by atoms with van der Waals surface area (Å²) in [5.74, 6) is 0. The summed E-state index contributed by atoms with van der Waals surface area (Å²) in [6.07, 6.45) is 0. The van der Waals surface area contributed by atoms with Crippen LogP contribution in [0.25, 0.3) is 72.0 Å². The molecule has 0 aliphatic rings. The summed E-state index contributed by atoms with van der Waals surface area (Å²) in [6, 6.07) is 83.0. The second-order valence-corrected chi connectivity index (χ2v) is 14.1. The summed E-state index contributed by atoms with van der Waals surface area (Å²) in [4.78, 5) is 2.40. The molecule has 0 aliphatic heterocycles. The fourth-order valence-electron chi connectivity index (χ4n) is 8.16. The van der Waals surface area contributed by atoms with Gasteiger partial charge in [0, 0.05) is 33.4 Å². The smallest absolute Gasteiger partial charge is 0.0561 e. The minimum absolute atomic E-state index is 1.09. The van der Waals surface area contributed by atoms with Gasteiger partial charge in [-0.15, -0.1) is 0 Å². The van der Waals surface area contributed by atoms with E-state index in [0.29, 0.717) is 0 Å². The highest BCUT2D eigenvalue weighted by Gasteiger charge is 2.20. The van der Waals surface area contributed by atoms with Crippen LogP contribution in [0.1, 0.15) is 0 Å². The maximum atomic E-state index is 2.42. The van der Waals surface area contributed by atoms with Crippen molar-refractivity contribution in [2.45, 2.75) is 0 Å². The van der Waals surface area contributed by atoms with Gasteiger partial charge in [0.15, 0.2) is 0 Å². The van der Waals surface area contributed by atoms with Crippen LogP contribution in [0.2, 0.25) is 0 Å². The van der Waals surface area contributed by atoms with Crippen LogP contribution in [0.3, 0.4) is 0 Å². The zero-order valence-corrected chi connectivity index (χ0v) is 30.8. The average Bonchev–Trinajstić information content (AvgIpc) is 3.61. The Bertz CT molecular complexity index is 2930. The predicted octanol–water partition coefficient (Wildman–Crippen LogP) is 14.9. The van der Waals surface area contributed by atoms with Crippen LogP contribution in [0.5, 0.6) is 0 Å². The lowest BCUT2D eigenvalue weighted by Crippen LogP contribution is -2.11. The van der Waals surface area contributed by atoms with E-state index in [4.69, 9.17) is 0 Å². The summed E-state index contributed by atoms with van der Waals surface area (Å²) in [6.45, 7) is 0. The Kier molecular flexibility index (Phi) is 8.55. The third-order valence-electron chi connectivity index (χ3n) is 10.8. The fraction of sp³-hybridized carbons (Fsp3) is 0. The molecule has 0 bridgehead atoms.